The van der Waals surface area contributed by atoms with Gasteiger partial charge in [-0.15, -0.1) is 0 Å². The van der Waals surface area contributed by atoms with E-state index in [1.54, 1.807) is 0 Å². The fourth-order valence-corrected chi connectivity index (χ4v) is 9.97. The van der Waals surface area contributed by atoms with E-state index in [4.69, 9.17) is 0 Å². The lowest BCUT2D eigenvalue weighted by Gasteiger charge is -2.44. The highest BCUT2D eigenvalue weighted by molar-refractivity contribution is 7.99. The van der Waals surface area contributed by atoms with Crippen molar-refractivity contribution < 1.29 is 0 Å². The maximum atomic E-state index is 2.64. The molecule has 4 heterocycles. The molecule has 0 saturated carbocycles. The van der Waals surface area contributed by atoms with Gasteiger partial charge in [-0.3, -0.25) is 0 Å². The third-order valence-electron chi connectivity index (χ3n) is 11.8. The van der Waals surface area contributed by atoms with E-state index >= 15 is 0 Å². The van der Waals surface area contributed by atoms with Crippen molar-refractivity contribution in [1.29, 1.82) is 0 Å². The molecule has 0 radical (unpaired) electrons. The Labute approximate surface area is 309 Å². The average Bonchev–Trinajstić information content (AvgIpc) is 3.36. The van der Waals surface area contributed by atoms with Gasteiger partial charge >= 0.3 is 0 Å². The van der Waals surface area contributed by atoms with Crippen LogP contribution in [0.2, 0.25) is 0 Å². The molecule has 0 bridgehead atoms. The molecular weight excluding hydrogens is 635 g/mol. The van der Waals surface area contributed by atoms with Crippen molar-refractivity contribution in [2.75, 3.05) is 4.90 Å². The molecule has 0 atom stereocenters. The van der Waals surface area contributed by atoms with Crippen molar-refractivity contribution in [3.63, 3.8) is 0 Å². The van der Waals surface area contributed by atoms with Crippen LogP contribution in [0.4, 0.5) is 17.1 Å². The van der Waals surface area contributed by atoms with Crippen LogP contribution in [-0.4, -0.2) is 11.3 Å². The first-order valence-corrected chi connectivity index (χ1v) is 19.6. The van der Waals surface area contributed by atoms with Gasteiger partial charge in [-0.25, -0.2) is 0 Å². The van der Waals surface area contributed by atoms with Gasteiger partial charge in [-0.2, -0.15) is 0 Å². The Morgan fingerprint density at radius 2 is 1.06 bits per heavy atom. The van der Waals surface area contributed by atoms with Crippen molar-refractivity contribution in [3.05, 3.63) is 101 Å². The first kappa shape index (κ1) is 33.0. The summed E-state index contributed by atoms with van der Waals surface area (Å²) in [4.78, 5) is 5.35. The molecule has 0 spiro atoms. The minimum atomic E-state index is 0.00404. The fourth-order valence-electron chi connectivity index (χ4n) is 8.79. The van der Waals surface area contributed by atoms with Crippen LogP contribution < -0.4 is 21.3 Å². The molecule has 3 aliphatic rings. The topological polar surface area (TPSA) is 8.17 Å². The summed E-state index contributed by atoms with van der Waals surface area (Å²) in [6, 6.07) is 29.6. The molecule has 0 fully saturated rings. The van der Waals surface area contributed by atoms with Gasteiger partial charge < -0.3 is 9.47 Å². The maximum Gasteiger partial charge on any atom is 0.252 e. The molecule has 258 valence electrons. The largest absolute Gasteiger partial charge is 0.310 e. The molecule has 5 aromatic carbocycles. The Balaban J connectivity index is 1.46. The highest BCUT2D eigenvalue weighted by atomic mass is 32.2. The molecule has 1 aromatic heterocycles. The van der Waals surface area contributed by atoms with Crippen LogP contribution in [-0.2, 0) is 21.7 Å². The Morgan fingerprint density at radius 1 is 0.510 bits per heavy atom. The predicted molar refractivity (Wildman–Crippen MR) is 224 cm³/mol. The zero-order valence-corrected chi connectivity index (χ0v) is 33.6. The molecule has 4 heteroatoms. The highest BCUT2D eigenvalue weighted by Gasteiger charge is 2.46. The monoisotopic (exact) mass is 686 g/mol. The number of rotatable bonds is 0. The summed E-state index contributed by atoms with van der Waals surface area (Å²) in [7, 11) is 0. The highest BCUT2D eigenvalue weighted by Crippen LogP contribution is 2.54. The van der Waals surface area contributed by atoms with Gasteiger partial charge in [-0.1, -0.05) is 119 Å². The second-order valence-electron chi connectivity index (χ2n) is 19.7. The lowest BCUT2D eigenvalue weighted by Crippen LogP contribution is -2.61. The molecular formula is C47H51BN2S. The SMILES string of the molecule is Cc1cc2c3c(c1)-n1c4ccc(C(C)(C)C)cc4c4cc(C(C)(C)C)cc(c41)B3c1cc(C(C)(C)C)cc3c1N2c1ccc(C(C)(C)C)cc1S3. The summed E-state index contributed by atoms with van der Waals surface area (Å²) in [6.45, 7) is 30.6. The summed E-state index contributed by atoms with van der Waals surface area (Å²) in [5.74, 6) is 0. The van der Waals surface area contributed by atoms with E-state index in [1.165, 1.54) is 98.6 Å². The first-order chi connectivity index (χ1) is 23.7. The molecule has 0 N–H and O–H groups in total. The maximum absolute atomic E-state index is 2.64. The minimum Gasteiger partial charge on any atom is -0.310 e. The van der Waals surface area contributed by atoms with Crippen LogP contribution in [0.1, 0.15) is 111 Å². The van der Waals surface area contributed by atoms with Crippen molar-refractivity contribution >= 4 is 73.7 Å². The smallest absolute Gasteiger partial charge is 0.252 e. The van der Waals surface area contributed by atoms with E-state index < -0.39 is 0 Å². The number of hydrogen-bond donors (Lipinski definition) is 0. The number of aryl methyl sites for hydroxylation is 1. The molecule has 51 heavy (non-hydrogen) atoms. The van der Waals surface area contributed by atoms with Crippen molar-refractivity contribution in [2.24, 2.45) is 0 Å². The molecule has 0 unspecified atom stereocenters. The lowest BCUT2D eigenvalue weighted by molar-refractivity contribution is 0.588. The molecule has 3 aliphatic heterocycles. The Hall–Kier alpha value is -3.89. The van der Waals surface area contributed by atoms with Crippen LogP contribution in [0.3, 0.4) is 0 Å². The van der Waals surface area contributed by atoms with Gasteiger partial charge in [0.05, 0.1) is 16.9 Å². The summed E-state index contributed by atoms with van der Waals surface area (Å²) >= 11 is 1.97. The summed E-state index contributed by atoms with van der Waals surface area (Å²) in [5, 5.41) is 2.74. The van der Waals surface area contributed by atoms with Crippen molar-refractivity contribution in [3.8, 4) is 5.69 Å². The van der Waals surface area contributed by atoms with E-state index in [9.17, 15) is 0 Å². The predicted octanol–water partition coefficient (Wildman–Crippen LogP) is 11.4. The first-order valence-electron chi connectivity index (χ1n) is 18.8. The molecule has 2 nitrogen and oxygen atoms in total. The van der Waals surface area contributed by atoms with Gasteiger partial charge in [-0.05, 0) is 121 Å². The normalized spacial score (nSPS) is 15.0. The number of nitrogens with zero attached hydrogens (tertiary/aromatic N) is 2. The summed E-state index contributed by atoms with van der Waals surface area (Å²) in [5.41, 5.74) is 19.3. The number of hydrogen-bond acceptors (Lipinski definition) is 2. The molecule has 9 rings (SSSR count). The Kier molecular flexibility index (Phi) is 6.57. The molecule has 0 amide bonds. The zero-order chi connectivity index (χ0) is 36.3. The number of fused-ring (bicyclic) bond motifs is 9. The summed E-state index contributed by atoms with van der Waals surface area (Å²) < 4.78 is 2.63. The van der Waals surface area contributed by atoms with Gasteiger partial charge in [0.15, 0.2) is 0 Å². The molecule has 0 aliphatic carbocycles. The van der Waals surface area contributed by atoms with E-state index in [0.29, 0.717) is 0 Å². The van der Waals surface area contributed by atoms with Crippen LogP contribution >= 0.6 is 11.8 Å². The third-order valence-corrected chi connectivity index (χ3v) is 12.9. The Bertz CT molecular complexity index is 2500. The van der Waals surface area contributed by atoms with Crippen LogP contribution in [0.5, 0.6) is 0 Å². The molecule has 6 aromatic rings. The van der Waals surface area contributed by atoms with Gasteiger partial charge in [0.25, 0.3) is 6.71 Å². The van der Waals surface area contributed by atoms with Gasteiger partial charge in [0, 0.05) is 37.5 Å². The third kappa shape index (κ3) is 4.70. The summed E-state index contributed by atoms with van der Waals surface area (Å²) in [6.07, 6.45) is 0. The number of aromatic nitrogens is 1. The number of anilines is 3. The Morgan fingerprint density at radius 3 is 1.73 bits per heavy atom. The van der Waals surface area contributed by atoms with E-state index in [0.717, 1.165) is 0 Å². The van der Waals surface area contributed by atoms with Crippen LogP contribution in [0.15, 0.2) is 82.6 Å². The van der Waals surface area contributed by atoms with E-state index in [1.807, 2.05) is 11.8 Å². The lowest BCUT2D eigenvalue weighted by atomic mass is 9.33. The van der Waals surface area contributed by atoms with Crippen molar-refractivity contribution in [2.45, 2.75) is 121 Å². The van der Waals surface area contributed by atoms with Crippen LogP contribution in [0.25, 0.3) is 27.5 Å². The van der Waals surface area contributed by atoms with Crippen molar-refractivity contribution in [1.82, 2.24) is 4.57 Å². The van der Waals surface area contributed by atoms with Gasteiger partial charge in [0.2, 0.25) is 0 Å². The van der Waals surface area contributed by atoms with Gasteiger partial charge in [0.1, 0.15) is 0 Å². The molecule has 0 saturated heterocycles. The number of benzene rings is 5. The quantitative estimate of drug-likeness (QED) is 0.147. The fraction of sp³-hybridized carbons (Fsp3) is 0.362. The standard InChI is InChI=1S/C47H51BN2S/c1-26-18-37-41-38(19-26)50-36-17-15-28(45(5,6)7)24-39(36)51-40-25-30(47(11,12)13)23-34(43(40)50)48(41)33-22-29(46(8,9)10)21-32-31-20-27(44(2,3)4)14-16-35(31)49(37)42(32)33/h14-25H,1-13H3. The zero-order valence-electron chi connectivity index (χ0n) is 32.8. The second-order valence-corrected chi connectivity index (χ2v) is 20.8. The average molecular weight is 687 g/mol. The van der Waals surface area contributed by atoms with Crippen LogP contribution in [0, 0.1) is 6.92 Å². The minimum absolute atomic E-state index is 0.00404. The van der Waals surface area contributed by atoms with E-state index in [2.05, 4.69) is 172 Å². The second kappa shape index (κ2) is 10.2. The van der Waals surface area contributed by atoms with E-state index in [-0.39, 0.29) is 28.4 Å².